The third kappa shape index (κ3) is 5.26. The van der Waals surface area contributed by atoms with Crippen LogP contribution in [0.3, 0.4) is 0 Å². The zero-order chi connectivity index (χ0) is 18.2. The third-order valence-electron chi connectivity index (χ3n) is 4.01. The topological polar surface area (TPSA) is 94.3 Å². The van der Waals surface area contributed by atoms with Crippen molar-refractivity contribution in [2.75, 3.05) is 24.6 Å². The highest BCUT2D eigenvalue weighted by Gasteiger charge is 2.40. The van der Waals surface area contributed by atoms with Crippen LogP contribution in [0.5, 0.6) is 0 Å². The van der Waals surface area contributed by atoms with Crippen LogP contribution >= 0.6 is 11.8 Å². The van der Waals surface area contributed by atoms with Gasteiger partial charge in [0.05, 0.1) is 11.3 Å². The zero-order valence-corrected chi connectivity index (χ0v) is 15.5. The van der Waals surface area contributed by atoms with E-state index in [1.165, 1.54) is 0 Å². The Balaban J connectivity index is 2.02. The summed E-state index contributed by atoms with van der Waals surface area (Å²) in [4.78, 5) is 41.5. The van der Waals surface area contributed by atoms with Crippen molar-refractivity contribution in [1.29, 1.82) is 0 Å². The molecule has 1 aliphatic rings. The molecule has 0 bridgehead atoms. The van der Waals surface area contributed by atoms with Gasteiger partial charge in [-0.05, 0) is 31.6 Å². The number of carbonyl (C=O) groups excluding carboxylic acids is 3. The number of amides is 3. The summed E-state index contributed by atoms with van der Waals surface area (Å²) in [5.74, 6) is 0.923. The maximum absolute atomic E-state index is 12.7. The lowest BCUT2D eigenvalue weighted by atomic mass is 10.1. The highest BCUT2D eigenvalue weighted by atomic mass is 32.2. The Morgan fingerprint density at radius 1 is 1.36 bits per heavy atom. The number of nitrogens with one attached hydrogen (secondary N) is 3. The first-order valence-electron chi connectivity index (χ1n) is 8.65. The molecule has 2 atom stereocenters. The number of likely N-dealkylation sites (tertiary alicyclic amines) is 1. The summed E-state index contributed by atoms with van der Waals surface area (Å²) in [6.07, 6.45) is 4.75. The zero-order valence-electron chi connectivity index (χ0n) is 14.7. The van der Waals surface area contributed by atoms with Gasteiger partial charge in [0.15, 0.2) is 0 Å². The van der Waals surface area contributed by atoms with E-state index in [9.17, 15) is 14.4 Å². The standard InChI is InChI=1S/C17H26N4O3S/c1-3-7-25-11-15(22)20-13-8-14(16(23)19-4-2)21(10-13)17(24)12-5-6-18-9-12/h5-6,9,13-14,18H,3-4,7-8,10-11H2,1-2H3,(H,19,23)(H,20,22)/t13-,14-/m0/s1. The molecule has 1 fully saturated rings. The Morgan fingerprint density at radius 2 is 2.16 bits per heavy atom. The van der Waals surface area contributed by atoms with Crippen molar-refractivity contribution in [3.63, 3.8) is 0 Å². The lowest BCUT2D eigenvalue weighted by Crippen LogP contribution is -2.45. The average Bonchev–Trinajstić information content (AvgIpc) is 3.24. The number of carbonyl (C=O) groups is 3. The van der Waals surface area contributed by atoms with Gasteiger partial charge in [0, 0.05) is 31.5 Å². The van der Waals surface area contributed by atoms with E-state index >= 15 is 0 Å². The highest BCUT2D eigenvalue weighted by Crippen LogP contribution is 2.21. The molecule has 2 rings (SSSR count). The molecule has 0 aromatic carbocycles. The lowest BCUT2D eigenvalue weighted by Gasteiger charge is -2.23. The van der Waals surface area contributed by atoms with Crippen LogP contribution in [0, 0.1) is 0 Å². The fourth-order valence-electron chi connectivity index (χ4n) is 2.91. The average molecular weight is 366 g/mol. The molecule has 25 heavy (non-hydrogen) atoms. The quantitative estimate of drug-likeness (QED) is 0.598. The minimum Gasteiger partial charge on any atom is -0.367 e. The molecule has 1 aliphatic heterocycles. The first kappa shape index (κ1) is 19.4. The van der Waals surface area contributed by atoms with Gasteiger partial charge in [-0.15, -0.1) is 0 Å². The summed E-state index contributed by atoms with van der Waals surface area (Å²) < 4.78 is 0. The molecule has 1 saturated heterocycles. The molecular weight excluding hydrogens is 340 g/mol. The molecule has 0 saturated carbocycles. The second-order valence-electron chi connectivity index (χ2n) is 6.02. The van der Waals surface area contributed by atoms with E-state index in [0.717, 1.165) is 12.2 Å². The molecule has 0 radical (unpaired) electrons. The molecule has 1 aromatic rings. The number of hydrogen-bond acceptors (Lipinski definition) is 4. The van der Waals surface area contributed by atoms with Crippen molar-refractivity contribution >= 4 is 29.5 Å². The van der Waals surface area contributed by atoms with Crippen molar-refractivity contribution in [3.05, 3.63) is 24.0 Å². The first-order valence-corrected chi connectivity index (χ1v) is 9.80. The monoisotopic (exact) mass is 366 g/mol. The normalized spacial score (nSPS) is 19.7. The molecule has 7 nitrogen and oxygen atoms in total. The van der Waals surface area contributed by atoms with Gasteiger partial charge in [-0.3, -0.25) is 14.4 Å². The van der Waals surface area contributed by atoms with Gasteiger partial charge in [0.2, 0.25) is 11.8 Å². The maximum atomic E-state index is 12.7. The fraction of sp³-hybridized carbons (Fsp3) is 0.588. The van der Waals surface area contributed by atoms with E-state index in [4.69, 9.17) is 0 Å². The van der Waals surface area contributed by atoms with E-state index in [2.05, 4.69) is 22.5 Å². The largest absolute Gasteiger partial charge is 0.367 e. The third-order valence-corrected chi connectivity index (χ3v) is 5.17. The number of rotatable bonds is 8. The maximum Gasteiger partial charge on any atom is 0.256 e. The van der Waals surface area contributed by atoms with Crippen molar-refractivity contribution < 1.29 is 14.4 Å². The number of nitrogens with zero attached hydrogens (tertiary/aromatic N) is 1. The van der Waals surface area contributed by atoms with Crippen molar-refractivity contribution in [3.8, 4) is 0 Å². The molecule has 138 valence electrons. The van der Waals surface area contributed by atoms with Crippen molar-refractivity contribution in [1.82, 2.24) is 20.5 Å². The van der Waals surface area contributed by atoms with Gasteiger partial charge in [0.25, 0.3) is 5.91 Å². The lowest BCUT2D eigenvalue weighted by molar-refractivity contribution is -0.125. The predicted octanol–water partition coefficient (Wildman–Crippen LogP) is 0.993. The van der Waals surface area contributed by atoms with E-state index < -0.39 is 6.04 Å². The summed E-state index contributed by atoms with van der Waals surface area (Å²) in [6, 6.07) is 0.922. The van der Waals surface area contributed by atoms with Gasteiger partial charge in [0.1, 0.15) is 6.04 Å². The Labute approximate surface area is 152 Å². The van der Waals surface area contributed by atoms with Gasteiger partial charge >= 0.3 is 0 Å². The highest BCUT2D eigenvalue weighted by molar-refractivity contribution is 7.99. The number of hydrogen-bond donors (Lipinski definition) is 3. The minimum absolute atomic E-state index is 0.0472. The number of H-pyrrole nitrogens is 1. The van der Waals surface area contributed by atoms with Gasteiger partial charge in [-0.1, -0.05) is 6.92 Å². The van der Waals surface area contributed by atoms with Gasteiger partial charge < -0.3 is 20.5 Å². The fourth-order valence-corrected chi connectivity index (χ4v) is 3.61. The summed E-state index contributed by atoms with van der Waals surface area (Å²) in [7, 11) is 0. The molecule has 1 aromatic heterocycles. The molecule has 2 heterocycles. The van der Waals surface area contributed by atoms with Crippen LogP contribution in [0.15, 0.2) is 18.5 Å². The van der Waals surface area contributed by atoms with Crippen LogP contribution < -0.4 is 10.6 Å². The molecule has 8 heteroatoms. The molecule has 0 unspecified atom stereocenters. The Hall–Kier alpha value is -1.96. The molecular formula is C17H26N4O3S. The number of likely N-dealkylation sites (N-methyl/N-ethyl adjacent to an activating group) is 1. The van der Waals surface area contributed by atoms with Crippen molar-refractivity contribution in [2.24, 2.45) is 0 Å². The Morgan fingerprint density at radius 3 is 2.80 bits per heavy atom. The summed E-state index contributed by atoms with van der Waals surface area (Å²) in [5.41, 5.74) is 0.514. The van der Waals surface area contributed by atoms with Crippen molar-refractivity contribution in [2.45, 2.75) is 38.8 Å². The van der Waals surface area contributed by atoms with E-state index in [-0.39, 0.29) is 23.8 Å². The van der Waals surface area contributed by atoms with Crippen LogP contribution in [0.4, 0.5) is 0 Å². The molecule has 3 N–H and O–H groups in total. The first-order chi connectivity index (χ1) is 12.1. The Kier molecular flexibility index (Phi) is 7.36. The number of thioether (sulfide) groups is 1. The predicted molar refractivity (Wildman–Crippen MR) is 98.5 cm³/mol. The SMILES string of the molecule is CCCSCC(=O)N[C@H]1C[C@@H](C(=O)NCC)N(C(=O)c2cc[nH]c2)C1. The molecule has 0 aliphatic carbocycles. The number of aromatic amines is 1. The van der Waals surface area contributed by atoms with E-state index in [1.807, 2.05) is 6.92 Å². The molecule has 0 spiro atoms. The summed E-state index contributed by atoms with van der Waals surface area (Å²) >= 11 is 1.59. The van der Waals surface area contributed by atoms with E-state index in [1.54, 1.807) is 35.1 Å². The Bertz CT molecular complexity index is 591. The van der Waals surface area contributed by atoms with Crippen LogP contribution in [0.25, 0.3) is 0 Å². The second kappa shape index (κ2) is 9.50. The molecule has 3 amide bonds. The van der Waals surface area contributed by atoms with Crippen LogP contribution in [-0.4, -0.2) is 64.3 Å². The van der Waals surface area contributed by atoms with Crippen LogP contribution in [0.2, 0.25) is 0 Å². The van der Waals surface area contributed by atoms with Gasteiger partial charge in [-0.2, -0.15) is 11.8 Å². The smallest absolute Gasteiger partial charge is 0.256 e. The van der Waals surface area contributed by atoms with Crippen LogP contribution in [0.1, 0.15) is 37.0 Å². The van der Waals surface area contributed by atoms with Gasteiger partial charge in [-0.25, -0.2) is 0 Å². The minimum atomic E-state index is -0.559. The second-order valence-corrected chi connectivity index (χ2v) is 7.13. The summed E-state index contributed by atoms with van der Waals surface area (Å²) in [6.45, 7) is 4.76. The van der Waals surface area contributed by atoms with E-state index in [0.29, 0.717) is 30.8 Å². The summed E-state index contributed by atoms with van der Waals surface area (Å²) in [5, 5.41) is 5.73. The number of aromatic nitrogens is 1. The van der Waals surface area contributed by atoms with Crippen LogP contribution in [-0.2, 0) is 9.59 Å².